The molecule has 1 aromatic carbocycles. The van der Waals surface area contributed by atoms with Gasteiger partial charge in [-0.05, 0) is 29.5 Å². The first-order valence-corrected chi connectivity index (χ1v) is 5.35. The predicted octanol–water partition coefficient (Wildman–Crippen LogP) is 4.19. The third-order valence-electron chi connectivity index (χ3n) is 2.49. The summed E-state index contributed by atoms with van der Waals surface area (Å²) >= 11 is 6.23. The summed E-state index contributed by atoms with van der Waals surface area (Å²) < 4.78 is 12.9. The summed E-state index contributed by atoms with van der Waals surface area (Å²) in [5, 5.41) is 0.0526. The molecule has 0 aliphatic heterocycles. The van der Waals surface area contributed by atoms with Gasteiger partial charge in [0, 0.05) is 5.38 Å². The van der Waals surface area contributed by atoms with Crippen molar-refractivity contribution in [1.82, 2.24) is 0 Å². The molecule has 0 saturated carbocycles. The summed E-state index contributed by atoms with van der Waals surface area (Å²) in [6, 6.07) is 6.66. The summed E-state index contributed by atoms with van der Waals surface area (Å²) in [7, 11) is 0. The van der Waals surface area contributed by atoms with Crippen LogP contribution in [0.5, 0.6) is 0 Å². The van der Waals surface area contributed by atoms with Gasteiger partial charge in [-0.2, -0.15) is 0 Å². The van der Waals surface area contributed by atoms with E-state index in [1.165, 1.54) is 6.07 Å². The van der Waals surface area contributed by atoms with Crippen LogP contribution in [0.15, 0.2) is 24.3 Å². The molecule has 78 valence electrons. The largest absolute Gasteiger partial charge is 0.207 e. The number of hydrogen-bond donors (Lipinski definition) is 0. The summed E-state index contributed by atoms with van der Waals surface area (Å²) in [5.74, 6) is 0.393. The molecule has 1 rings (SSSR count). The van der Waals surface area contributed by atoms with Crippen LogP contribution in [0.1, 0.15) is 32.3 Å². The van der Waals surface area contributed by atoms with Gasteiger partial charge >= 0.3 is 0 Å². The number of rotatable bonds is 3. The summed E-state index contributed by atoms with van der Waals surface area (Å²) in [4.78, 5) is 0. The van der Waals surface area contributed by atoms with E-state index < -0.39 is 0 Å². The predicted molar refractivity (Wildman–Crippen MR) is 59.3 cm³/mol. The molecule has 2 heteroatoms. The van der Waals surface area contributed by atoms with E-state index >= 15 is 0 Å². The maximum atomic E-state index is 12.9. The molecule has 0 bridgehead atoms. The Balaban J connectivity index is 2.83. The van der Waals surface area contributed by atoms with Gasteiger partial charge in [-0.15, -0.1) is 11.6 Å². The average molecular weight is 215 g/mol. The second-order valence-corrected chi connectivity index (χ2v) is 4.54. The van der Waals surface area contributed by atoms with E-state index in [-0.39, 0.29) is 17.1 Å². The second kappa shape index (κ2) is 4.79. The lowest BCUT2D eigenvalue weighted by Gasteiger charge is -2.21. The molecule has 0 radical (unpaired) electrons. The molecule has 0 aliphatic rings. The maximum absolute atomic E-state index is 12.9. The number of benzene rings is 1. The van der Waals surface area contributed by atoms with Crippen LogP contribution in [0.2, 0.25) is 0 Å². The lowest BCUT2D eigenvalue weighted by molar-refractivity contribution is 0.530. The highest BCUT2D eigenvalue weighted by Crippen LogP contribution is 2.28. The first-order valence-electron chi connectivity index (χ1n) is 4.92. The van der Waals surface area contributed by atoms with Crippen molar-refractivity contribution in [2.75, 3.05) is 0 Å². The van der Waals surface area contributed by atoms with Crippen molar-refractivity contribution in [2.24, 2.45) is 5.92 Å². The topological polar surface area (TPSA) is 0 Å². The summed E-state index contributed by atoms with van der Waals surface area (Å²) in [6.45, 7) is 6.19. The van der Waals surface area contributed by atoms with Crippen LogP contribution < -0.4 is 0 Å². The Morgan fingerprint density at radius 1 is 1.21 bits per heavy atom. The van der Waals surface area contributed by atoms with E-state index in [1.807, 2.05) is 13.0 Å². The van der Waals surface area contributed by atoms with Gasteiger partial charge in [-0.3, -0.25) is 0 Å². The monoisotopic (exact) mass is 214 g/mol. The molecule has 2 unspecified atom stereocenters. The van der Waals surface area contributed by atoms with Crippen molar-refractivity contribution in [1.29, 1.82) is 0 Å². The Labute approximate surface area is 90.1 Å². The van der Waals surface area contributed by atoms with Crippen molar-refractivity contribution >= 4 is 11.6 Å². The highest BCUT2D eigenvalue weighted by molar-refractivity contribution is 6.21. The molecule has 0 N–H and O–H groups in total. The third kappa shape index (κ3) is 2.71. The van der Waals surface area contributed by atoms with Crippen molar-refractivity contribution in [2.45, 2.75) is 32.1 Å². The zero-order valence-corrected chi connectivity index (χ0v) is 9.55. The molecular weight excluding hydrogens is 199 g/mol. The molecule has 0 nitrogen and oxygen atoms in total. The quantitative estimate of drug-likeness (QED) is 0.662. The molecule has 0 amide bonds. The van der Waals surface area contributed by atoms with Crippen molar-refractivity contribution in [3.8, 4) is 0 Å². The molecule has 0 aromatic heterocycles. The molecule has 0 aliphatic carbocycles. The van der Waals surface area contributed by atoms with Crippen molar-refractivity contribution in [3.05, 3.63) is 35.6 Å². The van der Waals surface area contributed by atoms with E-state index in [1.54, 1.807) is 12.1 Å². The fourth-order valence-electron chi connectivity index (χ4n) is 1.55. The molecule has 0 spiro atoms. The van der Waals surface area contributed by atoms with E-state index in [2.05, 4.69) is 13.8 Å². The normalized spacial score (nSPS) is 15.6. The Hall–Kier alpha value is -0.560. The molecule has 2 atom stereocenters. The lowest BCUT2D eigenvalue weighted by atomic mass is 9.91. The Morgan fingerprint density at radius 3 is 2.36 bits per heavy atom. The third-order valence-corrected chi connectivity index (χ3v) is 3.37. The van der Waals surface area contributed by atoms with Crippen LogP contribution >= 0.6 is 11.6 Å². The first-order chi connectivity index (χ1) is 6.52. The highest BCUT2D eigenvalue weighted by atomic mass is 35.5. The molecule has 14 heavy (non-hydrogen) atoms. The smallest absolute Gasteiger partial charge is 0.123 e. The van der Waals surface area contributed by atoms with E-state index in [9.17, 15) is 4.39 Å². The fourth-order valence-corrected chi connectivity index (χ4v) is 1.70. The van der Waals surface area contributed by atoms with Gasteiger partial charge in [-0.25, -0.2) is 4.39 Å². The van der Waals surface area contributed by atoms with Gasteiger partial charge in [0.05, 0.1) is 0 Å². The molecular formula is C12H16ClF. The van der Waals surface area contributed by atoms with E-state index in [0.717, 1.165) is 5.56 Å². The van der Waals surface area contributed by atoms with Gasteiger partial charge in [0.2, 0.25) is 0 Å². The average Bonchev–Trinajstić information content (AvgIpc) is 2.15. The van der Waals surface area contributed by atoms with Gasteiger partial charge < -0.3 is 0 Å². The minimum absolute atomic E-state index is 0.0526. The highest BCUT2D eigenvalue weighted by Gasteiger charge is 2.19. The molecule has 0 heterocycles. The fraction of sp³-hybridized carbons (Fsp3) is 0.500. The zero-order valence-electron chi connectivity index (χ0n) is 8.80. The molecule has 0 fully saturated rings. The number of alkyl halides is 1. The van der Waals surface area contributed by atoms with Crippen LogP contribution in [-0.2, 0) is 0 Å². The van der Waals surface area contributed by atoms with Crippen LogP contribution in [0, 0.1) is 11.7 Å². The molecule has 0 saturated heterocycles. The van der Waals surface area contributed by atoms with Crippen LogP contribution in [-0.4, -0.2) is 5.38 Å². The standard InChI is InChI=1S/C12H16ClF/c1-8(2)12(13)9(3)10-5-4-6-11(14)7-10/h4-9,12H,1-3H3. The minimum Gasteiger partial charge on any atom is -0.207 e. The lowest BCUT2D eigenvalue weighted by Crippen LogP contribution is -2.16. The number of halogens is 2. The summed E-state index contributed by atoms with van der Waals surface area (Å²) in [6.07, 6.45) is 0. The van der Waals surface area contributed by atoms with E-state index in [4.69, 9.17) is 11.6 Å². The molecule has 1 aromatic rings. The Morgan fingerprint density at radius 2 is 1.86 bits per heavy atom. The van der Waals surface area contributed by atoms with Gasteiger partial charge in [0.25, 0.3) is 0 Å². The SMILES string of the molecule is CC(C)C(Cl)C(C)c1cccc(F)c1. The zero-order chi connectivity index (χ0) is 10.7. The minimum atomic E-state index is -0.193. The Kier molecular flexibility index (Phi) is 3.94. The van der Waals surface area contributed by atoms with Gasteiger partial charge in [-0.1, -0.05) is 32.9 Å². The van der Waals surface area contributed by atoms with Crippen LogP contribution in [0.3, 0.4) is 0 Å². The van der Waals surface area contributed by atoms with E-state index in [0.29, 0.717) is 5.92 Å². The van der Waals surface area contributed by atoms with Gasteiger partial charge in [0.15, 0.2) is 0 Å². The second-order valence-electron chi connectivity index (χ2n) is 4.03. The maximum Gasteiger partial charge on any atom is 0.123 e. The number of hydrogen-bond acceptors (Lipinski definition) is 0. The summed E-state index contributed by atoms with van der Waals surface area (Å²) in [5.41, 5.74) is 0.971. The van der Waals surface area contributed by atoms with Gasteiger partial charge in [0.1, 0.15) is 5.82 Å². The first kappa shape index (κ1) is 11.5. The van der Waals surface area contributed by atoms with Crippen LogP contribution in [0.4, 0.5) is 4.39 Å². The Bertz CT molecular complexity index is 296. The van der Waals surface area contributed by atoms with Crippen LogP contribution in [0.25, 0.3) is 0 Å². The van der Waals surface area contributed by atoms with Crippen molar-refractivity contribution < 1.29 is 4.39 Å². The van der Waals surface area contributed by atoms with Crippen molar-refractivity contribution in [3.63, 3.8) is 0 Å².